The first-order chi connectivity index (χ1) is 19.4. The molecule has 206 valence electrons. The van der Waals surface area contributed by atoms with E-state index in [4.69, 9.17) is 9.84 Å². The minimum absolute atomic E-state index is 0.00615. The topological polar surface area (TPSA) is 67.2 Å². The van der Waals surface area contributed by atoms with Crippen molar-refractivity contribution in [3.63, 3.8) is 0 Å². The van der Waals surface area contributed by atoms with Crippen LogP contribution in [0.5, 0.6) is 0 Å². The molecule has 2 aromatic carbocycles. The van der Waals surface area contributed by atoms with Crippen molar-refractivity contribution in [1.82, 2.24) is 14.5 Å². The molecule has 1 fully saturated rings. The number of pyridine rings is 1. The molecule has 40 heavy (non-hydrogen) atoms. The molecule has 4 heterocycles. The number of carbonyl (C=O) groups excluding carboxylic acids is 2. The number of hydrogen-bond acceptors (Lipinski definition) is 5. The third kappa shape index (κ3) is 4.51. The number of ether oxygens (including phenoxy) is 1. The lowest BCUT2D eigenvalue weighted by Gasteiger charge is -2.35. The quantitative estimate of drug-likeness (QED) is 0.315. The van der Waals surface area contributed by atoms with Crippen molar-refractivity contribution >= 4 is 23.1 Å². The summed E-state index contributed by atoms with van der Waals surface area (Å²) in [5, 5.41) is 4.72. The fourth-order valence-electron chi connectivity index (χ4n) is 6.15. The molecular formula is C32H33FN4O3. The minimum Gasteiger partial charge on any atom is -0.469 e. The maximum absolute atomic E-state index is 15.4. The van der Waals surface area contributed by atoms with Gasteiger partial charge in [0, 0.05) is 42.1 Å². The first kappa shape index (κ1) is 26.0. The lowest BCUT2D eigenvalue weighted by atomic mass is 9.93. The maximum Gasteiger partial charge on any atom is 0.310 e. The summed E-state index contributed by atoms with van der Waals surface area (Å²) in [7, 11) is 1.39. The Morgan fingerprint density at radius 3 is 2.67 bits per heavy atom. The van der Waals surface area contributed by atoms with Crippen LogP contribution in [0.25, 0.3) is 16.8 Å². The number of rotatable bonds is 5. The molecule has 8 heteroatoms. The summed E-state index contributed by atoms with van der Waals surface area (Å²) < 4.78 is 22.1. The number of aryl methyl sites for hydroxylation is 1. The van der Waals surface area contributed by atoms with Gasteiger partial charge in [-0.3, -0.25) is 9.59 Å². The fraction of sp³-hybridized carbons (Fsp3) is 0.344. The van der Waals surface area contributed by atoms with Gasteiger partial charge in [0.1, 0.15) is 5.82 Å². The normalized spacial score (nSPS) is 18.7. The van der Waals surface area contributed by atoms with Gasteiger partial charge in [-0.2, -0.15) is 5.10 Å². The summed E-state index contributed by atoms with van der Waals surface area (Å²) in [5.41, 5.74) is 6.39. The van der Waals surface area contributed by atoms with Gasteiger partial charge in [-0.05, 0) is 73.7 Å². The maximum atomic E-state index is 15.4. The number of anilines is 1. The summed E-state index contributed by atoms with van der Waals surface area (Å²) >= 11 is 0. The molecule has 6 rings (SSSR count). The number of hydrogen-bond donors (Lipinski definition) is 0. The molecule has 0 aliphatic carbocycles. The number of benzene rings is 2. The molecule has 0 saturated carbocycles. The number of halogens is 1. The van der Waals surface area contributed by atoms with Crippen LogP contribution in [0, 0.1) is 11.7 Å². The second-order valence-electron chi connectivity index (χ2n) is 10.7. The molecule has 0 unspecified atom stereocenters. The zero-order valence-electron chi connectivity index (χ0n) is 23.1. The second kappa shape index (κ2) is 10.4. The lowest BCUT2D eigenvalue weighted by molar-refractivity contribution is -0.144. The molecule has 2 aliphatic rings. The van der Waals surface area contributed by atoms with Crippen LogP contribution in [0.2, 0.25) is 0 Å². The molecule has 0 N–H and O–H groups in total. The van der Waals surface area contributed by atoms with Crippen LogP contribution in [0.15, 0.2) is 60.7 Å². The summed E-state index contributed by atoms with van der Waals surface area (Å²) in [6, 6.07) is 19.0. The van der Waals surface area contributed by atoms with E-state index in [1.165, 1.54) is 24.3 Å². The molecule has 4 aromatic rings. The van der Waals surface area contributed by atoms with E-state index in [0.29, 0.717) is 49.3 Å². The Bertz CT molecular complexity index is 1610. The van der Waals surface area contributed by atoms with Crippen molar-refractivity contribution in [2.24, 2.45) is 5.92 Å². The molecule has 0 bridgehead atoms. The van der Waals surface area contributed by atoms with Crippen LogP contribution in [-0.2, 0) is 22.4 Å². The number of nitrogens with zero attached hydrogens (tertiary/aromatic N) is 4. The van der Waals surface area contributed by atoms with Crippen molar-refractivity contribution in [3.05, 3.63) is 88.9 Å². The first-order valence-corrected chi connectivity index (χ1v) is 13.9. The average molecular weight is 541 g/mol. The van der Waals surface area contributed by atoms with Gasteiger partial charge in [-0.15, -0.1) is 0 Å². The van der Waals surface area contributed by atoms with Crippen LogP contribution in [-0.4, -0.2) is 53.1 Å². The van der Waals surface area contributed by atoms with Gasteiger partial charge in [0.2, 0.25) is 0 Å². The molecule has 1 saturated heterocycles. The molecule has 0 spiro atoms. The van der Waals surface area contributed by atoms with Crippen LogP contribution in [0.1, 0.15) is 53.5 Å². The standard InChI is InChI=1S/C32H33FN4O3/c1-4-24-15-23(31(38)36-14-12-21-7-5-6-8-27(21)20(36)2)16-26-18-30(34-37(24)26)28-10-9-25(17-29(28)33)35-13-11-22(19-35)32(39)40-3/h5-10,15-18,20,22H,4,11-14,19H2,1-3H3/t20-,22+/m1/s1. The second-order valence-corrected chi connectivity index (χ2v) is 10.7. The van der Waals surface area contributed by atoms with E-state index in [-0.39, 0.29) is 29.7 Å². The van der Waals surface area contributed by atoms with Gasteiger partial charge < -0.3 is 14.5 Å². The highest BCUT2D eigenvalue weighted by Crippen LogP contribution is 2.33. The van der Waals surface area contributed by atoms with E-state index in [1.54, 1.807) is 10.6 Å². The van der Waals surface area contributed by atoms with Crippen molar-refractivity contribution < 1.29 is 18.7 Å². The third-order valence-electron chi connectivity index (χ3n) is 8.42. The minimum atomic E-state index is -0.377. The van der Waals surface area contributed by atoms with Crippen molar-refractivity contribution in [2.45, 2.75) is 39.2 Å². The summed E-state index contributed by atoms with van der Waals surface area (Å²) in [5.74, 6) is -0.808. The molecule has 2 atom stereocenters. The van der Waals surface area contributed by atoms with Crippen molar-refractivity contribution in [1.29, 1.82) is 0 Å². The fourth-order valence-corrected chi connectivity index (χ4v) is 6.15. The Hall–Kier alpha value is -4.20. The number of amides is 1. The summed E-state index contributed by atoms with van der Waals surface area (Å²) in [6.07, 6.45) is 2.20. The third-order valence-corrected chi connectivity index (χ3v) is 8.42. The van der Waals surface area contributed by atoms with E-state index in [1.807, 2.05) is 53.1 Å². The largest absolute Gasteiger partial charge is 0.469 e. The van der Waals surface area contributed by atoms with Crippen LogP contribution in [0.4, 0.5) is 10.1 Å². The highest BCUT2D eigenvalue weighted by Gasteiger charge is 2.30. The van der Waals surface area contributed by atoms with Crippen LogP contribution < -0.4 is 4.90 Å². The number of carbonyl (C=O) groups is 2. The zero-order chi connectivity index (χ0) is 28.0. The smallest absolute Gasteiger partial charge is 0.310 e. The predicted octanol–water partition coefficient (Wildman–Crippen LogP) is 5.46. The van der Waals surface area contributed by atoms with Gasteiger partial charge in [-0.25, -0.2) is 8.91 Å². The molecule has 2 aliphatic heterocycles. The molecule has 2 aromatic heterocycles. The van der Waals surface area contributed by atoms with Crippen LogP contribution in [0.3, 0.4) is 0 Å². The van der Waals surface area contributed by atoms with Crippen LogP contribution >= 0.6 is 0 Å². The Morgan fingerprint density at radius 1 is 1.07 bits per heavy atom. The van der Waals surface area contributed by atoms with E-state index < -0.39 is 0 Å². The van der Waals surface area contributed by atoms with E-state index in [2.05, 4.69) is 19.1 Å². The highest BCUT2D eigenvalue weighted by atomic mass is 19.1. The Labute approximate surface area is 233 Å². The van der Waals surface area contributed by atoms with E-state index in [0.717, 1.165) is 23.3 Å². The summed E-state index contributed by atoms with van der Waals surface area (Å²) in [4.78, 5) is 29.6. The lowest BCUT2D eigenvalue weighted by Crippen LogP contribution is -2.38. The molecule has 7 nitrogen and oxygen atoms in total. The summed E-state index contributed by atoms with van der Waals surface area (Å²) in [6.45, 7) is 5.96. The Morgan fingerprint density at radius 2 is 1.90 bits per heavy atom. The predicted molar refractivity (Wildman–Crippen MR) is 152 cm³/mol. The monoisotopic (exact) mass is 540 g/mol. The molecule has 1 amide bonds. The highest BCUT2D eigenvalue weighted by molar-refractivity contribution is 5.96. The van der Waals surface area contributed by atoms with Gasteiger partial charge in [0.05, 0.1) is 30.3 Å². The molecule has 0 radical (unpaired) electrons. The SMILES string of the molecule is CCc1cc(C(=O)N2CCc3ccccc3[C@H]2C)cc2cc(-c3ccc(N4CC[C@H](C(=O)OC)C4)cc3F)nn12. The number of esters is 1. The number of methoxy groups -OCH3 is 1. The average Bonchev–Trinajstić information content (AvgIpc) is 3.64. The van der Waals surface area contributed by atoms with Gasteiger partial charge in [-0.1, -0.05) is 31.2 Å². The Kier molecular flexibility index (Phi) is 6.78. The van der Waals surface area contributed by atoms with E-state index in [9.17, 15) is 9.59 Å². The van der Waals surface area contributed by atoms with Crippen molar-refractivity contribution in [3.8, 4) is 11.3 Å². The van der Waals surface area contributed by atoms with E-state index >= 15 is 4.39 Å². The van der Waals surface area contributed by atoms with Gasteiger partial charge in [0.25, 0.3) is 5.91 Å². The molecular weight excluding hydrogens is 507 g/mol. The number of fused-ring (bicyclic) bond motifs is 2. The van der Waals surface area contributed by atoms with Crippen molar-refractivity contribution in [2.75, 3.05) is 31.6 Å². The van der Waals surface area contributed by atoms with Gasteiger partial charge >= 0.3 is 5.97 Å². The van der Waals surface area contributed by atoms with Gasteiger partial charge in [0.15, 0.2) is 0 Å². The zero-order valence-corrected chi connectivity index (χ0v) is 23.1. The first-order valence-electron chi connectivity index (χ1n) is 13.9. The Balaban J connectivity index is 1.28. The number of aromatic nitrogens is 2.